The van der Waals surface area contributed by atoms with Crippen molar-refractivity contribution < 1.29 is 32.3 Å². The van der Waals surface area contributed by atoms with Gasteiger partial charge in [-0.3, -0.25) is 19.3 Å². The van der Waals surface area contributed by atoms with Crippen LogP contribution in [0.5, 0.6) is 0 Å². The van der Waals surface area contributed by atoms with Crippen LogP contribution in [0.15, 0.2) is 35.2 Å². The number of carbonyl (C=O) groups is 3. The molecule has 0 unspecified atom stereocenters. The number of hydrogen-bond donors (Lipinski definition) is 0. The molecule has 3 rings (SSSR count). The molecule has 0 N–H and O–H groups in total. The molecule has 1 aromatic carbocycles. The van der Waals surface area contributed by atoms with Crippen LogP contribution in [0.3, 0.4) is 0 Å². The molecule has 1 aromatic heterocycles. The summed E-state index contributed by atoms with van der Waals surface area (Å²) in [6.45, 7) is 4.72. The van der Waals surface area contributed by atoms with Crippen molar-refractivity contribution in [1.82, 2.24) is 9.47 Å². The molecule has 2 amide bonds. The fraction of sp³-hybridized carbons (Fsp3) is 0.286. The average molecular weight is 452 g/mol. The number of ether oxygens (including phenoxy) is 1. The molecule has 0 atom stereocenters. The molecule has 1 aliphatic heterocycles. The summed E-state index contributed by atoms with van der Waals surface area (Å²) in [4.78, 5) is 37.3. The van der Waals surface area contributed by atoms with E-state index in [0.717, 1.165) is 17.0 Å². The van der Waals surface area contributed by atoms with Gasteiger partial charge >= 0.3 is 12.1 Å². The minimum absolute atomic E-state index is 0.124. The first-order valence-electron chi connectivity index (χ1n) is 9.30. The summed E-state index contributed by atoms with van der Waals surface area (Å²) in [6, 6.07) is 6.66. The van der Waals surface area contributed by atoms with Gasteiger partial charge in [0.2, 0.25) is 0 Å². The highest BCUT2D eigenvalue weighted by atomic mass is 32.2. The second kappa shape index (κ2) is 8.62. The Labute approximate surface area is 180 Å². The number of aromatic nitrogens is 1. The maximum atomic E-state index is 13.1. The Bertz CT molecular complexity index is 1090. The lowest BCUT2D eigenvalue weighted by atomic mass is 10.2. The Morgan fingerprint density at radius 2 is 1.90 bits per heavy atom. The number of nitrogens with zero attached hydrogens (tertiary/aromatic N) is 2. The fourth-order valence-electron chi connectivity index (χ4n) is 3.27. The zero-order chi connectivity index (χ0) is 22.9. The van der Waals surface area contributed by atoms with Gasteiger partial charge in [0.1, 0.15) is 6.54 Å². The van der Waals surface area contributed by atoms with E-state index in [2.05, 4.69) is 0 Å². The van der Waals surface area contributed by atoms with E-state index in [1.807, 2.05) is 0 Å². The van der Waals surface area contributed by atoms with Crippen LogP contribution < -0.4 is 0 Å². The molecule has 0 radical (unpaired) electrons. The lowest BCUT2D eigenvalue weighted by molar-refractivity contribution is -0.146. The first kappa shape index (κ1) is 22.7. The smallest absolute Gasteiger partial charge is 0.416 e. The van der Waals surface area contributed by atoms with E-state index in [1.165, 1.54) is 12.1 Å². The van der Waals surface area contributed by atoms with Gasteiger partial charge in [0.05, 0.1) is 17.1 Å². The number of thioether (sulfide) groups is 1. The maximum absolute atomic E-state index is 13.1. The van der Waals surface area contributed by atoms with Gasteiger partial charge in [-0.05, 0) is 68.4 Å². The highest BCUT2D eigenvalue weighted by molar-refractivity contribution is 8.18. The number of halogens is 3. The zero-order valence-electron chi connectivity index (χ0n) is 16.9. The monoisotopic (exact) mass is 452 g/mol. The highest BCUT2D eigenvalue weighted by Gasteiger charge is 2.37. The SMILES string of the molecule is CCOC(=O)CN1C(=O)S/C(=C\c2cc(C)n(-c3cccc(C(F)(F)F)c3)c2C)C1=O. The Morgan fingerprint density at radius 3 is 2.55 bits per heavy atom. The number of carbonyl (C=O) groups excluding carboxylic acids is 3. The van der Waals surface area contributed by atoms with Gasteiger partial charge < -0.3 is 9.30 Å². The number of rotatable bonds is 5. The van der Waals surface area contributed by atoms with Crippen LogP contribution in [-0.2, 0) is 20.5 Å². The second-order valence-electron chi connectivity index (χ2n) is 6.78. The molecule has 0 spiro atoms. The summed E-state index contributed by atoms with van der Waals surface area (Å²) in [5, 5.41) is -0.587. The molecule has 0 aliphatic carbocycles. The molecule has 1 aliphatic rings. The van der Waals surface area contributed by atoms with E-state index < -0.39 is 35.4 Å². The molecule has 1 saturated heterocycles. The fourth-order valence-corrected chi connectivity index (χ4v) is 4.09. The molecule has 2 heterocycles. The third-order valence-corrected chi connectivity index (χ3v) is 5.56. The highest BCUT2D eigenvalue weighted by Crippen LogP contribution is 2.35. The third kappa shape index (κ3) is 4.68. The summed E-state index contributed by atoms with van der Waals surface area (Å²) in [7, 11) is 0. The van der Waals surface area contributed by atoms with Gasteiger partial charge in [-0.15, -0.1) is 0 Å². The number of benzene rings is 1. The summed E-state index contributed by atoms with van der Waals surface area (Å²) < 4.78 is 45.7. The molecule has 10 heteroatoms. The largest absolute Gasteiger partial charge is 0.465 e. The first-order chi connectivity index (χ1) is 14.5. The Morgan fingerprint density at radius 1 is 1.19 bits per heavy atom. The van der Waals surface area contributed by atoms with E-state index >= 15 is 0 Å². The molecule has 164 valence electrons. The summed E-state index contributed by atoms with van der Waals surface area (Å²) in [6.07, 6.45) is -2.96. The average Bonchev–Trinajstić information content (AvgIpc) is 3.11. The molecular weight excluding hydrogens is 433 g/mol. The van der Waals surface area contributed by atoms with Crippen molar-refractivity contribution in [2.45, 2.75) is 26.9 Å². The number of esters is 1. The predicted octanol–water partition coefficient (Wildman–Crippen LogP) is 4.71. The molecular formula is C21H19F3N2O4S. The van der Waals surface area contributed by atoms with Crippen molar-refractivity contribution in [1.29, 1.82) is 0 Å². The molecule has 2 aromatic rings. The van der Waals surface area contributed by atoms with Crippen molar-refractivity contribution in [3.05, 3.63) is 57.8 Å². The summed E-state index contributed by atoms with van der Waals surface area (Å²) >= 11 is 0.695. The van der Waals surface area contributed by atoms with E-state index in [0.29, 0.717) is 34.4 Å². The van der Waals surface area contributed by atoms with E-state index in [9.17, 15) is 27.6 Å². The number of alkyl halides is 3. The van der Waals surface area contributed by atoms with Crippen molar-refractivity contribution in [3.8, 4) is 5.69 Å². The van der Waals surface area contributed by atoms with Gasteiger partial charge in [-0.25, -0.2) is 0 Å². The van der Waals surface area contributed by atoms with Crippen LogP contribution in [0.1, 0.15) is 29.4 Å². The number of hydrogen-bond acceptors (Lipinski definition) is 5. The lowest BCUT2D eigenvalue weighted by Crippen LogP contribution is -2.34. The number of aryl methyl sites for hydroxylation is 1. The molecule has 6 nitrogen and oxygen atoms in total. The quantitative estimate of drug-likeness (QED) is 0.485. The van der Waals surface area contributed by atoms with Crippen LogP contribution in [0, 0.1) is 13.8 Å². The van der Waals surface area contributed by atoms with E-state index in [1.54, 1.807) is 37.5 Å². The first-order valence-corrected chi connectivity index (χ1v) is 10.1. The number of amides is 2. The third-order valence-electron chi connectivity index (χ3n) is 4.65. The van der Waals surface area contributed by atoms with Gasteiger partial charge in [0.15, 0.2) is 0 Å². The van der Waals surface area contributed by atoms with Gasteiger partial charge in [-0.2, -0.15) is 13.2 Å². The Hall–Kier alpha value is -3.01. The summed E-state index contributed by atoms with van der Waals surface area (Å²) in [5.74, 6) is -1.30. The standard InChI is InChI=1S/C21H19F3N2O4S/c1-4-30-18(27)11-25-19(28)17(31-20(25)29)9-14-8-12(2)26(13(14)3)16-7-5-6-15(10-16)21(22,23)24/h5-10H,4,11H2,1-3H3/b17-9-. The van der Waals surface area contributed by atoms with Gasteiger partial charge in [0.25, 0.3) is 11.1 Å². The van der Waals surface area contributed by atoms with Crippen LogP contribution in [0.25, 0.3) is 11.8 Å². The minimum Gasteiger partial charge on any atom is -0.465 e. The van der Waals surface area contributed by atoms with E-state index in [-0.39, 0.29) is 11.5 Å². The van der Waals surface area contributed by atoms with Gasteiger partial charge in [0, 0.05) is 17.1 Å². The normalized spacial score (nSPS) is 15.8. The van der Waals surface area contributed by atoms with Crippen LogP contribution in [0.2, 0.25) is 0 Å². The van der Waals surface area contributed by atoms with Crippen molar-refractivity contribution >= 4 is 35.0 Å². The summed E-state index contributed by atoms with van der Waals surface area (Å²) in [5.41, 5.74) is 1.42. The molecule has 31 heavy (non-hydrogen) atoms. The maximum Gasteiger partial charge on any atom is 0.416 e. The van der Waals surface area contributed by atoms with Crippen LogP contribution in [0.4, 0.5) is 18.0 Å². The minimum atomic E-state index is -4.47. The molecule has 0 saturated carbocycles. The van der Waals surface area contributed by atoms with Gasteiger partial charge in [-0.1, -0.05) is 6.07 Å². The van der Waals surface area contributed by atoms with E-state index in [4.69, 9.17) is 4.74 Å². The second-order valence-corrected chi connectivity index (χ2v) is 7.78. The van der Waals surface area contributed by atoms with Crippen LogP contribution in [-0.4, -0.2) is 39.7 Å². The predicted molar refractivity (Wildman–Crippen MR) is 110 cm³/mol. The Kier molecular flexibility index (Phi) is 6.30. The topological polar surface area (TPSA) is 68.6 Å². The lowest BCUT2D eigenvalue weighted by Gasteiger charge is -2.13. The molecule has 0 bridgehead atoms. The molecule has 1 fully saturated rings. The zero-order valence-corrected chi connectivity index (χ0v) is 17.8. The number of imide groups is 1. The van der Waals surface area contributed by atoms with Crippen molar-refractivity contribution in [3.63, 3.8) is 0 Å². The van der Waals surface area contributed by atoms with Crippen molar-refractivity contribution in [2.75, 3.05) is 13.2 Å². The Balaban J connectivity index is 1.93. The van der Waals surface area contributed by atoms with Crippen LogP contribution >= 0.6 is 11.8 Å². The van der Waals surface area contributed by atoms with Crippen molar-refractivity contribution in [2.24, 2.45) is 0 Å².